The van der Waals surface area contributed by atoms with Crippen LogP contribution in [-0.4, -0.2) is 26.4 Å². The van der Waals surface area contributed by atoms with E-state index in [-0.39, 0.29) is 5.91 Å². The van der Waals surface area contributed by atoms with E-state index in [1.165, 1.54) is 11.8 Å². The minimum atomic E-state index is -0.0256. The first kappa shape index (κ1) is 16.4. The number of carbonyl (C=O) groups excluding carboxylic acids is 1. The van der Waals surface area contributed by atoms with Crippen molar-refractivity contribution in [3.8, 4) is 10.7 Å². The van der Waals surface area contributed by atoms with Crippen LogP contribution < -0.4 is 5.32 Å². The molecule has 0 aliphatic heterocycles. The number of carbonyl (C=O) groups is 1. The molecule has 7 heteroatoms. The molecule has 2 aromatic heterocycles. The first-order valence-electron chi connectivity index (χ1n) is 8.19. The fourth-order valence-electron chi connectivity index (χ4n) is 2.64. The molecule has 0 bridgehead atoms. The SMILES string of the molecule is Cc1ccccc1NC(=O)CSc1nnc(-c2cccs2)n1C1CC1. The summed E-state index contributed by atoms with van der Waals surface area (Å²) in [6, 6.07) is 12.3. The second-order valence-electron chi connectivity index (χ2n) is 6.04. The molecule has 0 atom stereocenters. The van der Waals surface area contributed by atoms with Gasteiger partial charge in [-0.25, -0.2) is 0 Å². The lowest BCUT2D eigenvalue weighted by Gasteiger charge is -2.09. The summed E-state index contributed by atoms with van der Waals surface area (Å²) >= 11 is 3.11. The summed E-state index contributed by atoms with van der Waals surface area (Å²) in [5.41, 5.74) is 1.91. The molecule has 25 heavy (non-hydrogen) atoms. The number of amides is 1. The number of aryl methyl sites for hydroxylation is 1. The molecule has 1 amide bonds. The maximum Gasteiger partial charge on any atom is 0.234 e. The summed E-state index contributed by atoms with van der Waals surface area (Å²) < 4.78 is 2.19. The summed E-state index contributed by atoms with van der Waals surface area (Å²) in [5, 5.41) is 14.5. The summed E-state index contributed by atoms with van der Waals surface area (Å²) in [6.07, 6.45) is 2.30. The van der Waals surface area contributed by atoms with Gasteiger partial charge in [-0.05, 0) is 42.8 Å². The Balaban J connectivity index is 1.46. The van der Waals surface area contributed by atoms with Crippen LogP contribution in [0.15, 0.2) is 46.9 Å². The molecule has 128 valence electrons. The van der Waals surface area contributed by atoms with Gasteiger partial charge in [0.2, 0.25) is 5.91 Å². The van der Waals surface area contributed by atoms with Crippen LogP contribution in [0.3, 0.4) is 0 Å². The van der Waals surface area contributed by atoms with Crippen molar-refractivity contribution in [2.45, 2.75) is 31.0 Å². The normalized spacial score (nSPS) is 13.8. The number of thioether (sulfide) groups is 1. The Hall–Kier alpha value is -2.12. The number of nitrogens with one attached hydrogen (secondary N) is 1. The van der Waals surface area contributed by atoms with Gasteiger partial charge in [0.25, 0.3) is 0 Å². The van der Waals surface area contributed by atoms with Crippen molar-refractivity contribution in [2.75, 3.05) is 11.1 Å². The molecule has 0 saturated heterocycles. The number of para-hydroxylation sites is 1. The molecule has 3 aromatic rings. The van der Waals surface area contributed by atoms with Gasteiger partial charge >= 0.3 is 0 Å². The summed E-state index contributed by atoms with van der Waals surface area (Å²) in [6.45, 7) is 1.99. The molecule has 1 aromatic carbocycles. The molecule has 1 aliphatic carbocycles. The van der Waals surface area contributed by atoms with E-state index in [0.717, 1.165) is 40.0 Å². The fraction of sp³-hybridized carbons (Fsp3) is 0.278. The molecule has 0 radical (unpaired) electrons. The molecule has 2 heterocycles. The molecule has 4 rings (SSSR count). The quantitative estimate of drug-likeness (QED) is 0.654. The average molecular weight is 371 g/mol. The smallest absolute Gasteiger partial charge is 0.234 e. The fourth-order valence-corrected chi connectivity index (χ4v) is 4.15. The lowest BCUT2D eigenvalue weighted by atomic mass is 10.2. The number of aromatic nitrogens is 3. The van der Waals surface area contributed by atoms with E-state index in [1.807, 2.05) is 42.6 Å². The number of hydrogen-bond donors (Lipinski definition) is 1. The minimum Gasteiger partial charge on any atom is -0.325 e. The van der Waals surface area contributed by atoms with Gasteiger partial charge in [0.15, 0.2) is 11.0 Å². The number of anilines is 1. The maximum atomic E-state index is 12.3. The van der Waals surface area contributed by atoms with Gasteiger partial charge in [-0.15, -0.1) is 21.5 Å². The van der Waals surface area contributed by atoms with Crippen molar-refractivity contribution in [1.29, 1.82) is 0 Å². The summed E-state index contributed by atoms with van der Waals surface area (Å²) in [5.74, 6) is 1.21. The van der Waals surface area contributed by atoms with Gasteiger partial charge in [-0.1, -0.05) is 36.0 Å². The van der Waals surface area contributed by atoms with Crippen molar-refractivity contribution in [1.82, 2.24) is 14.8 Å². The Labute approximate surface area is 154 Å². The Morgan fingerprint density at radius 2 is 2.12 bits per heavy atom. The first-order valence-corrected chi connectivity index (χ1v) is 10.1. The van der Waals surface area contributed by atoms with Crippen LogP contribution in [0.25, 0.3) is 10.7 Å². The predicted molar refractivity (Wildman–Crippen MR) is 102 cm³/mol. The highest BCUT2D eigenvalue weighted by Gasteiger charge is 2.30. The summed E-state index contributed by atoms with van der Waals surface area (Å²) in [4.78, 5) is 13.4. The molecule has 1 aliphatic rings. The molecule has 5 nitrogen and oxygen atoms in total. The monoisotopic (exact) mass is 370 g/mol. The number of benzene rings is 1. The zero-order chi connectivity index (χ0) is 17.2. The van der Waals surface area contributed by atoms with Gasteiger partial charge in [0, 0.05) is 11.7 Å². The Bertz CT molecular complexity index is 884. The molecular formula is C18H18N4OS2. The standard InChI is InChI=1S/C18H18N4OS2/c1-12-5-2-3-6-14(12)19-16(23)11-25-18-21-20-17(15-7-4-10-24-15)22(18)13-8-9-13/h2-7,10,13H,8-9,11H2,1H3,(H,19,23). The third kappa shape index (κ3) is 3.62. The van der Waals surface area contributed by atoms with Crippen molar-refractivity contribution < 1.29 is 4.79 Å². The largest absolute Gasteiger partial charge is 0.325 e. The van der Waals surface area contributed by atoms with E-state index in [1.54, 1.807) is 11.3 Å². The van der Waals surface area contributed by atoms with Crippen LogP contribution >= 0.6 is 23.1 Å². The van der Waals surface area contributed by atoms with Crippen LogP contribution in [0.4, 0.5) is 5.69 Å². The van der Waals surface area contributed by atoms with E-state index in [0.29, 0.717) is 11.8 Å². The van der Waals surface area contributed by atoms with E-state index in [4.69, 9.17) is 0 Å². The molecule has 1 saturated carbocycles. The van der Waals surface area contributed by atoms with E-state index in [2.05, 4.69) is 26.1 Å². The summed E-state index contributed by atoms with van der Waals surface area (Å²) in [7, 11) is 0. The third-order valence-corrected chi connectivity index (χ3v) is 5.88. The molecular weight excluding hydrogens is 352 g/mol. The van der Waals surface area contributed by atoms with Gasteiger partial charge in [-0.3, -0.25) is 9.36 Å². The van der Waals surface area contributed by atoms with Crippen molar-refractivity contribution in [3.63, 3.8) is 0 Å². The van der Waals surface area contributed by atoms with E-state index < -0.39 is 0 Å². The van der Waals surface area contributed by atoms with Gasteiger partial charge in [0.05, 0.1) is 10.6 Å². The van der Waals surface area contributed by atoms with Crippen molar-refractivity contribution in [3.05, 3.63) is 47.3 Å². The molecule has 0 spiro atoms. The van der Waals surface area contributed by atoms with Gasteiger partial charge in [0.1, 0.15) is 0 Å². The predicted octanol–water partition coefficient (Wildman–Crippen LogP) is 4.38. The lowest BCUT2D eigenvalue weighted by molar-refractivity contribution is -0.113. The van der Waals surface area contributed by atoms with Crippen molar-refractivity contribution >= 4 is 34.7 Å². The lowest BCUT2D eigenvalue weighted by Crippen LogP contribution is -2.15. The number of thiophene rings is 1. The molecule has 1 fully saturated rings. The van der Waals surface area contributed by atoms with Crippen LogP contribution in [-0.2, 0) is 4.79 Å². The maximum absolute atomic E-state index is 12.3. The highest BCUT2D eigenvalue weighted by atomic mass is 32.2. The zero-order valence-electron chi connectivity index (χ0n) is 13.8. The third-order valence-electron chi connectivity index (χ3n) is 4.07. The van der Waals surface area contributed by atoms with E-state index >= 15 is 0 Å². The van der Waals surface area contributed by atoms with Crippen molar-refractivity contribution in [2.24, 2.45) is 0 Å². The minimum absolute atomic E-state index is 0.0256. The van der Waals surface area contributed by atoms with Crippen LogP contribution in [0.1, 0.15) is 24.4 Å². The Kier molecular flexibility index (Phi) is 4.59. The molecule has 1 N–H and O–H groups in total. The first-order chi connectivity index (χ1) is 12.2. The Morgan fingerprint density at radius 1 is 1.28 bits per heavy atom. The zero-order valence-corrected chi connectivity index (χ0v) is 15.4. The van der Waals surface area contributed by atoms with Crippen LogP contribution in [0.2, 0.25) is 0 Å². The average Bonchev–Trinajstić information content (AvgIpc) is 3.13. The van der Waals surface area contributed by atoms with E-state index in [9.17, 15) is 4.79 Å². The number of nitrogens with zero attached hydrogens (tertiary/aromatic N) is 3. The number of hydrogen-bond acceptors (Lipinski definition) is 5. The number of rotatable bonds is 6. The molecule has 0 unspecified atom stereocenters. The topological polar surface area (TPSA) is 59.8 Å². The second kappa shape index (κ2) is 7.01. The highest BCUT2D eigenvalue weighted by molar-refractivity contribution is 7.99. The van der Waals surface area contributed by atoms with Gasteiger partial charge in [-0.2, -0.15) is 0 Å². The van der Waals surface area contributed by atoms with Crippen LogP contribution in [0.5, 0.6) is 0 Å². The second-order valence-corrected chi connectivity index (χ2v) is 7.93. The van der Waals surface area contributed by atoms with Crippen LogP contribution in [0, 0.1) is 6.92 Å². The Morgan fingerprint density at radius 3 is 2.84 bits per heavy atom. The highest BCUT2D eigenvalue weighted by Crippen LogP contribution is 2.41. The van der Waals surface area contributed by atoms with Gasteiger partial charge < -0.3 is 5.32 Å².